The Bertz CT molecular complexity index is 489. The summed E-state index contributed by atoms with van der Waals surface area (Å²) in [6.07, 6.45) is -3.30. The molecule has 1 fully saturated rings. The average molecular weight is 253 g/mol. The molecule has 1 aliphatic heterocycles. The number of nitrogens with zero attached hydrogens (tertiary/aromatic N) is 3. The highest BCUT2D eigenvalue weighted by atomic mass is 16.6. The fourth-order valence-electron chi connectivity index (χ4n) is 1.74. The van der Waals surface area contributed by atoms with E-state index in [9.17, 15) is 15.3 Å². The number of aliphatic hydroxyl groups is 3. The molecule has 8 heteroatoms. The van der Waals surface area contributed by atoms with Crippen LogP contribution in [0.15, 0.2) is 12.3 Å². The maximum Gasteiger partial charge on any atom is 0.317 e. The summed E-state index contributed by atoms with van der Waals surface area (Å²) in [5.41, 5.74) is -0.127. The van der Waals surface area contributed by atoms with Crippen LogP contribution < -0.4 is 9.79 Å². The molecule has 8 nitrogen and oxygen atoms in total. The van der Waals surface area contributed by atoms with Gasteiger partial charge in [-0.15, -0.1) is 0 Å². The van der Waals surface area contributed by atoms with Crippen molar-refractivity contribution < 1.29 is 29.8 Å². The van der Waals surface area contributed by atoms with Gasteiger partial charge in [-0.3, -0.25) is 0 Å². The van der Waals surface area contributed by atoms with Crippen LogP contribution in [0.3, 0.4) is 0 Å². The molecule has 0 spiro atoms. The minimum absolute atomic E-state index is 0.127. The zero-order valence-electron chi connectivity index (χ0n) is 9.17. The number of rotatable bonds is 2. The lowest BCUT2D eigenvalue weighted by Gasteiger charge is -2.10. The predicted octanol–water partition coefficient (Wildman–Crippen LogP) is -3.07. The Kier molecular flexibility index (Phi) is 3.40. The summed E-state index contributed by atoms with van der Waals surface area (Å²) in [7, 11) is 0. The van der Waals surface area contributed by atoms with Crippen molar-refractivity contribution >= 4 is 0 Å². The minimum Gasteiger partial charge on any atom is -0.854 e. The van der Waals surface area contributed by atoms with Gasteiger partial charge in [0.15, 0.2) is 6.10 Å². The number of hydrogen-bond donors (Lipinski definition) is 3. The second-order valence-electron chi connectivity index (χ2n) is 3.86. The van der Waals surface area contributed by atoms with Gasteiger partial charge >= 0.3 is 6.23 Å². The zero-order valence-corrected chi connectivity index (χ0v) is 9.17. The first-order chi connectivity index (χ1) is 8.58. The van der Waals surface area contributed by atoms with E-state index in [0.29, 0.717) is 0 Å². The topological polar surface area (TPSA) is 134 Å². The molecular weight excluding hydrogens is 242 g/mol. The lowest BCUT2D eigenvalue weighted by Crippen LogP contribution is -2.49. The van der Waals surface area contributed by atoms with Gasteiger partial charge < -0.3 is 25.2 Å². The van der Waals surface area contributed by atoms with Crippen LogP contribution in [0.5, 0.6) is 5.88 Å². The molecule has 0 aromatic carbocycles. The van der Waals surface area contributed by atoms with Crippen molar-refractivity contribution in [3.63, 3.8) is 0 Å². The van der Waals surface area contributed by atoms with Crippen molar-refractivity contribution in [3.05, 3.63) is 17.8 Å². The van der Waals surface area contributed by atoms with Gasteiger partial charge in [0.05, 0.1) is 18.1 Å². The molecule has 0 bridgehead atoms. The monoisotopic (exact) mass is 253 g/mol. The molecule has 18 heavy (non-hydrogen) atoms. The predicted molar refractivity (Wildman–Crippen MR) is 51.6 cm³/mol. The summed E-state index contributed by atoms with van der Waals surface area (Å²) in [6, 6.07) is 2.91. The first-order valence-electron chi connectivity index (χ1n) is 5.20. The van der Waals surface area contributed by atoms with Crippen LogP contribution in [0.4, 0.5) is 0 Å². The summed E-state index contributed by atoms with van der Waals surface area (Å²) in [5, 5.41) is 51.7. The Morgan fingerprint density at radius 1 is 1.50 bits per heavy atom. The summed E-state index contributed by atoms with van der Waals surface area (Å²) in [4.78, 5) is 0. The normalized spacial score (nSPS) is 31.2. The van der Waals surface area contributed by atoms with E-state index in [1.807, 2.05) is 0 Å². The summed E-state index contributed by atoms with van der Waals surface area (Å²) >= 11 is 0. The molecule has 0 aliphatic carbocycles. The highest BCUT2D eigenvalue weighted by Gasteiger charge is 2.48. The van der Waals surface area contributed by atoms with Gasteiger partial charge in [0.1, 0.15) is 18.3 Å². The lowest BCUT2D eigenvalue weighted by molar-refractivity contribution is -0.817. The van der Waals surface area contributed by atoms with Gasteiger partial charge in [0.25, 0.3) is 0 Å². The SMILES string of the molecule is N#Cc1cc[n+](C2OC(CO)C(O)C2O)nc1[O-]. The van der Waals surface area contributed by atoms with E-state index in [1.54, 1.807) is 6.07 Å². The van der Waals surface area contributed by atoms with E-state index >= 15 is 0 Å². The van der Waals surface area contributed by atoms with Crippen LogP contribution in [0.1, 0.15) is 11.8 Å². The number of hydrogen-bond acceptors (Lipinski definition) is 7. The van der Waals surface area contributed by atoms with Crippen LogP contribution in [-0.4, -0.2) is 45.3 Å². The molecule has 1 saturated heterocycles. The number of nitriles is 1. The fourth-order valence-corrected chi connectivity index (χ4v) is 1.74. The van der Waals surface area contributed by atoms with Crippen LogP contribution in [0.2, 0.25) is 0 Å². The number of aromatic nitrogens is 2. The Morgan fingerprint density at radius 3 is 2.72 bits per heavy atom. The Labute approximate surface area is 102 Å². The van der Waals surface area contributed by atoms with E-state index in [4.69, 9.17) is 15.1 Å². The molecule has 2 heterocycles. The molecule has 1 aliphatic rings. The van der Waals surface area contributed by atoms with E-state index in [1.165, 1.54) is 12.3 Å². The zero-order chi connectivity index (χ0) is 13.3. The van der Waals surface area contributed by atoms with Crippen LogP contribution in [0, 0.1) is 11.3 Å². The molecule has 4 atom stereocenters. The highest BCUT2D eigenvalue weighted by Crippen LogP contribution is 2.24. The van der Waals surface area contributed by atoms with E-state index in [2.05, 4.69) is 5.10 Å². The van der Waals surface area contributed by atoms with Gasteiger partial charge in [-0.1, -0.05) is 4.68 Å². The molecule has 4 unspecified atom stereocenters. The van der Waals surface area contributed by atoms with Crippen molar-refractivity contribution in [2.45, 2.75) is 24.5 Å². The number of ether oxygens (including phenoxy) is 1. The second-order valence-corrected chi connectivity index (χ2v) is 3.86. The van der Waals surface area contributed by atoms with Gasteiger partial charge in [-0.2, -0.15) is 5.26 Å². The maximum atomic E-state index is 11.4. The molecule has 0 radical (unpaired) electrons. The quantitative estimate of drug-likeness (QED) is 0.476. The third kappa shape index (κ3) is 2.00. The molecule has 3 N–H and O–H groups in total. The van der Waals surface area contributed by atoms with Crippen molar-refractivity contribution in [1.29, 1.82) is 5.26 Å². The van der Waals surface area contributed by atoms with Gasteiger partial charge in [0.2, 0.25) is 6.20 Å². The largest absolute Gasteiger partial charge is 0.854 e. The third-order valence-electron chi connectivity index (χ3n) is 2.73. The smallest absolute Gasteiger partial charge is 0.317 e. The van der Waals surface area contributed by atoms with Crippen molar-refractivity contribution in [2.75, 3.05) is 6.61 Å². The first kappa shape index (κ1) is 12.7. The van der Waals surface area contributed by atoms with E-state index in [0.717, 1.165) is 4.68 Å². The molecule has 0 amide bonds. The molecule has 1 aromatic rings. The van der Waals surface area contributed by atoms with Gasteiger partial charge in [-0.05, 0) is 5.10 Å². The van der Waals surface area contributed by atoms with Crippen molar-refractivity contribution in [2.24, 2.45) is 0 Å². The Hall–Kier alpha value is -1.79. The summed E-state index contributed by atoms with van der Waals surface area (Å²) in [5.74, 6) is -0.752. The van der Waals surface area contributed by atoms with Crippen LogP contribution in [0.25, 0.3) is 0 Å². The standard InChI is InChI=1S/C10H11N3O5/c11-3-5-1-2-13(12-9(5)17)10-8(16)7(15)6(4-14)18-10/h1-2,6-8,10,14-16H,4H2. The summed E-state index contributed by atoms with van der Waals surface area (Å²) < 4.78 is 6.20. The second kappa shape index (κ2) is 4.83. The summed E-state index contributed by atoms with van der Waals surface area (Å²) in [6.45, 7) is -0.463. The molecule has 2 rings (SSSR count). The van der Waals surface area contributed by atoms with Crippen molar-refractivity contribution in [3.8, 4) is 11.9 Å². The minimum atomic E-state index is -1.31. The number of aliphatic hydroxyl groups excluding tert-OH is 3. The maximum absolute atomic E-state index is 11.4. The van der Waals surface area contributed by atoms with E-state index < -0.39 is 37.0 Å². The fraction of sp³-hybridized carbons (Fsp3) is 0.500. The molecule has 0 saturated carbocycles. The third-order valence-corrected chi connectivity index (χ3v) is 2.73. The van der Waals surface area contributed by atoms with Crippen molar-refractivity contribution in [1.82, 2.24) is 5.10 Å². The van der Waals surface area contributed by atoms with Crippen LogP contribution in [-0.2, 0) is 4.74 Å². The Morgan fingerprint density at radius 2 is 2.22 bits per heavy atom. The first-order valence-corrected chi connectivity index (χ1v) is 5.20. The van der Waals surface area contributed by atoms with Gasteiger partial charge in [-0.25, -0.2) is 0 Å². The lowest BCUT2D eigenvalue weighted by atomic mass is 10.1. The highest BCUT2D eigenvalue weighted by molar-refractivity contribution is 5.32. The molecule has 96 valence electrons. The molecule has 1 aromatic heterocycles. The Balaban J connectivity index is 2.28. The van der Waals surface area contributed by atoms with E-state index in [-0.39, 0.29) is 5.56 Å². The van der Waals surface area contributed by atoms with Gasteiger partial charge in [0, 0.05) is 6.07 Å². The van der Waals surface area contributed by atoms with Crippen LogP contribution >= 0.6 is 0 Å². The average Bonchev–Trinajstić information content (AvgIpc) is 2.66. The molecular formula is C10H11N3O5.